The second kappa shape index (κ2) is 4.59. The summed E-state index contributed by atoms with van der Waals surface area (Å²) in [6, 6.07) is 0.413. The summed E-state index contributed by atoms with van der Waals surface area (Å²) < 4.78 is 8.11. The number of rotatable bonds is 2. The molecule has 1 fully saturated rings. The minimum atomic E-state index is 0.413. The maximum absolute atomic E-state index is 5.47. The third-order valence-electron chi connectivity index (χ3n) is 4.42. The van der Waals surface area contributed by atoms with Crippen molar-refractivity contribution in [2.45, 2.75) is 32.7 Å². The van der Waals surface area contributed by atoms with Crippen molar-refractivity contribution in [2.75, 3.05) is 7.11 Å². The number of nitrogens with zero attached hydrogens (tertiary/aromatic N) is 3. The summed E-state index contributed by atoms with van der Waals surface area (Å²) >= 11 is 5.47. The van der Waals surface area contributed by atoms with Gasteiger partial charge in [0.2, 0.25) is 5.88 Å². The summed E-state index contributed by atoms with van der Waals surface area (Å²) in [6.07, 6.45) is 3.92. The fourth-order valence-electron chi connectivity index (χ4n) is 3.08. The van der Waals surface area contributed by atoms with Gasteiger partial charge < -0.3 is 9.72 Å². The molecule has 3 atom stereocenters. The van der Waals surface area contributed by atoms with Gasteiger partial charge in [-0.15, -0.1) is 0 Å². The molecule has 19 heavy (non-hydrogen) atoms. The monoisotopic (exact) mass is 278 g/mol. The molecule has 0 spiro atoms. The lowest BCUT2D eigenvalue weighted by Crippen LogP contribution is -2.15. The molecule has 3 rings (SSSR count). The van der Waals surface area contributed by atoms with E-state index in [4.69, 9.17) is 17.0 Å². The highest BCUT2D eigenvalue weighted by molar-refractivity contribution is 7.71. The SMILES string of the molecule is COc1ncnc2c1[nH]c(=S)n2C1CCC(C)C1C. The van der Waals surface area contributed by atoms with Crippen LogP contribution in [-0.2, 0) is 0 Å². The molecule has 2 aromatic rings. The molecule has 0 aromatic carbocycles. The van der Waals surface area contributed by atoms with E-state index in [-0.39, 0.29) is 0 Å². The van der Waals surface area contributed by atoms with Crippen molar-refractivity contribution in [3.8, 4) is 5.88 Å². The molecule has 102 valence electrons. The van der Waals surface area contributed by atoms with Gasteiger partial charge in [-0.3, -0.25) is 4.57 Å². The summed E-state index contributed by atoms with van der Waals surface area (Å²) in [4.78, 5) is 11.7. The van der Waals surface area contributed by atoms with E-state index >= 15 is 0 Å². The van der Waals surface area contributed by atoms with Gasteiger partial charge in [-0.25, -0.2) is 4.98 Å². The van der Waals surface area contributed by atoms with Crippen LogP contribution in [0.2, 0.25) is 0 Å². The average Bonchev–Trinajstić information content (AvgIpc) is 2.90. The smallest absolute Gasteiger partial charge is 0.242 e. The number of hydrogen-bond donors (Lipinski definition) is 1. The Hall–Kier alpha value is -1.43. The largest absolute Gasteiger partial charge is 0.479 e. The second-order valence-corrected chi connectivity index (χ2v) is 5.75. The molecule has 0 saturated heterocycles. The molecule has 1 aliphatic rings. The van der Waals surface area contributed by atoms with E-state index in [0.29, 0.717) is 22.6 Å². The Kier molecular flexibility index (Phi) is 3.05. The number of imidazole rings is 1. The first kappa shape index (κ1) is 12.6. The van der Waals surface area contributed by atoms with Gasteiger partial charge in [0.05, 0.1) is 7.11 Å². The second-order valence-electron chi connectivity index (χ2n) is 5.36. The number of aromatic amines is 1. The van der Waals surface area contributed by atoms with Crippen LogP contribution < -0.4 is 4.74 Å². The first-order chi connectivity index (χ1) is 9.13. The van der Waals surface area contributed by atoms with Gasteiger partial charge in [-0.2, -0.15) is 4.98 Å². The predicted octanol–water partition coefficient (Wildman–Crippen LogP) is 3.10. The fourth-order valence-corrected chi connectivity index (χ4v) is 3.41. The van der Waals surface area contributed by atoms with Gasteiger partial charge >= 0.3 is 0 Å². The van der Waals surface area contributed by atoms with E-state index in [1.165, 1.54) is 12.7 Å². The van der Waals surface area contributed by atoms with Gasteiger partial charge in [0, 0.05) is 6.04 Å². The van der Waals surface area contributed by atoms with E-state index in [0.717, 1.165) is 23.5 Å². The lowest BCUT2D eigenvalue weighted by molar-refractivity contribution is 0.355. The topological polar surface area (TPSA) is 55.7 Å². The Morgan fingerprint density at radius 1 is 1.37 bits per heavy atom. The van der Waals surface area contributed by atoms with Gasteiger partial charge in [0.15, 0.2) is 10.4 Å². The zero-order valence-corrected chi connectivity index (χ0v) is 12.2. The van der Waals surface area contributed by atoms with Crippen LogP contribution in [0.4, 0.5) is 0 Å². The lowest BCUT2D eigenvalue weighted by atomic mass is 9.98. The molecular weight excluding hydrogens is 260 g/mol. The number of ether oxygens (including phenoxy) is 1. The minimum absolute atomic E-state index is 0.413. The quantitative estimate of drug-likeness (QED) is 0.858. The fraction of sp³-hybridized carbons (Fsp3) is 0.615. The molecular formula is C13H18N4OS. The van der Waals surface area contributed by atoms with E-state index in [9.17, 15) is 0 Å². The summed E-state index contributed by atoms with van der Waals surface area (Å²) in [5, 5.41) is 0. The molecule has 5 nitrogen and oxygen atoms in total. The van der Waals surface area contributed by atoms with Crippen LogP contribution >= 0.6 is 12.2 Å². The standard InChI is InChI=1S/C13H18N4OS/c1-7-4-5-9(8(7)2)17-11-10(16-13(17)19)12(18-3)15-6-14-11/h6-9H,4-5H2,1-3H3,(H,16,19). The molecule has 2 aromatic heterocycles. The summed E-state index contributed by atoms with van der Waals surface area (Å²) in [5.74, 6) is 1.88. The van der Waals surface area contributed by atoms with Crippen LogP contribution in [0.25, 0.3) is 11.2 Å². The maximum atomic E-state index is 5.47. The van der Waals surface area contributed by atoms with Crippen LogP contribution in [-0.4, -0.2) is 26.6 Å². The number of fused-ring (bicyclic) bond motifs is 1. The Morgan fingerprint density at radius 3 is 2.79 bits per heavy atom. The van der Waals surface area contributed by atoms with E-state index in [2.05, 4.69) is 33.4 Å². The highest BCUT2D eigenvalue weighted by Crippen LogP contribution is 2.41. The Balaban J connectivity index is 2.19. The summed E-state index contributed by atoms with van der Waals surface area (Å²) in [6.45, 7) is 4.60. The van der Waals surface area contributed by atoms with Gasteiger partial charge in [-0.1, -0.05) is 13.8 Å². The molecule has 1 aliphatic carbocycles. The van der Waals surface area contributed by atoms with E-state index in [1.807, 2.05) is 0 Å². The summed E-state index contributed by atoms with van der Waals surface area (Å²) in [7, 11) is 1.61. The highest BCUT2D eigenvalue weighted by Gasteiger charge is 2.33. The van der Waals surface area contributed by atoms with Crippen molar-refractivity contribution in [1.29, 1.82) is 0 Å². The third kappa shape index (κ3) is 1.85. The molecule has 0 radical (unpaired) electrons. The van der Waals surface area contributed by atoms with Crippen LogP contribution in [0.5, 0.6) is 5.88 Å². The predicted molar refractivity (Wildman–Crippen MR) is 75.9 cm³/mol. The molecule has 6 heteroatoms. The van der Waals surface area contributed by atoms with E-state index < -0.39 is 0 Å². The zero-order valence-electron chi connectivity index (χ0n) is 11.4. The van der Waals surface area contributed by atoms with E-state index in [1.54, 1.807) is 7.11 Å². The van der Waals surface area contributed by atoms with Crippen molar-refractivity contribution < 1.29 is 4.74 Å². The lowest BCUT2D eigenvalue weighted by Gasteiger charge is -2.20. The molecule has 2 heterocycles. The van der Waals surface area contributed by atoms with Crippen molar-refractivity contribution in [3.05, 3.63) is 11.1 Å². The third-order valence-corrected chi connectivity index (χ3v) is 4.72. The number of methoxy groups -OCH3 is 1. The van der Waals surface area contributed by atoms with Gasteiger partial charge in [0.1, 0.15) is 11.8 Å². The van der Waals surface area contributed by atoms with Crippen molar-refractivity contribution in [3.63, 3.8) is 0 Å². The number of aromatic nitrogens is 4. The normalized spacial score (nSPS) is 27.0. The Bertz CT molecular complexity index is 662. The molecule has 1 saturated carbocycles. The number of hydrogen-bond acceptors (Lipinski definition) is 4. The van der Waals surface area contributed by atoms with Gasteiger partial charge in [0.25, 0.3) is 0 Å². The Labute approximate surface area is 117 Å². The van der Waals surface area contributed by atoms with Crippen LogP contribution in [0.3, 0.4) is 0 Å². The molecule has 1 N–H and O–H groups in total. The molecule has 0 bridgehead atoms. The zero-order chi connectivity index (χ0) is 13.6. The van der Waals surface area contributed by atoms with Gasteiger partial charge in [-0.05, 0) is 36.9 Å². The highest BCUT2D eigenvalue weighted by atomic mass is 32.1. The summed E-state index contributed by atoms with van der Waals surface area (Å²) in [5.41, 5.74) is 1.64. The molecule has 3 unspecified atom stereocenters. The Morgan fingerprint density at radius 2 is 2.16 bits per heavy atom. The van der Waals surface area contributed by atoms with Crippen LogP contribution in [0.1, 0.15) is 32.7 Å². The van der Waals surface area contributed by atoms with Crippen molar-refractivity contribution in [1.82, 2.24) is 19.5 Å². The van der Waals surface area contributed by atoms with Crippen molar-refractivity contribution in [2.24, 2.45) is 11.8 Å². The maximum Gasteiger partial charge on any atom is 0.242 e. The van der Waals surface area contributed by atoms with Crippen LogP contribution in [0.15, 0.2) is 6.33 Å². The minimum Gasteiger partial charge on any atom is -0.479 e. The molecule has 0 aliphatic heterocycles. The molecule has 0 amide bonds. The average molecular weight is 278 g/mol. The first-order valence-corrected chi connectivity index (χ1v) is 7.03. The van der Waals surface area contributed by atoms with Crippen molar-refractivity contribution >= 4 is 23.4 Å². The van der Waals surface area contributed by atoms with Crippen LogP contribution in [0, 0.1) is 16.6 Å². The number of nitrogens with one attached hydrogen (secondary N) is 1. The number of H-pyrrole nitrogens is 1. The first-order valence-electron chi connectivity index (χ1n) is 6.62.